The van der Waals surface area contributed by atoms with Gasteiger partial charge in [-0.3, -0.25) is 4.79 Å². The van der Waals surface area contributed by atoms with Gasteiger partial charge in [-0.1, -0.05) is 0 Å². The molecule has 3 rings (SSSR count). The molecule has 5 heteroatoms. The molecule has 100 valence electrons. The van der Waals surface area contributed by atoms with Gasteiger partial charge in [-0.2, -0.15) is 0 Å². The Labute approximate surface area is 120 Å². The Hall–Kier alpha value is -2.27. The van der Waals surface area contributed by atoms with Crippen molar-refractivity contribution in [3.63, 3.8) is 0 Å². The second-order valence-electron chi connectivity index (χ2n) is 4.43. The Bertz CT molecular complexity index is 778. The van der Waals surface area contributed by atoms with Crippen molar-refractivity contribution in [2.45, 2.75) is 13.8 Å². The van der Waals surface area contributed by atoms with Gasteiger partial charge in [0.1, 0.15) is 23.2 Å². The van der Waals surface area contributed by atoms with Crippen molar-refractivity contribution in [3.05, 3.63) is 46.6 Å². The van der Waals surface area contributed by atoms with Crippen molar-refractivity contribution in [2.24, 2.45) is 0 Å². The van der Waals surface area contributed by atoms with Crippen molar-refractivity contribution < 1.29 is 9.53 Å². The topological polar surface area (TPSA) is 52.1 Å². The van der Waals surface area contributed by atoms with Crippen LogP contribution in [0.2, 0.25) is 0 Å². The summed E-state index contributed by atoms with van der Waals surface area (Å²) in [6.45, 7) is 4.10. The minimum absolute atomic E-state index is 0.552. The Kier molecular flexibility index (Phi) is 3.20. The fraction of sp³-hybridized carbons (Fsp3) is 0.133. The maximum Gasteiger partial charge on any atom is 0.231 e. The van der Waals surface area contributed by atoms with Gasteiger partial charge >= 0.3 is 0 Å². The van der Waals surface area contributed by atoms with Gasteiger partial charge in [-0.05, 0) is 43.7 Å². The van der Waals surface area contributed by atoms with E-state index in [2.05, 4.69) is 16.9 Å². The molecule has 3 aromatic rings. The SMILES string of the molecule is Cc1sc2ncnc(Oc3ccc(C=O)cc3)c2c1C. The normalized spacial score (nSPS) is 10.7. The van der Waals surface area contributed by atoms with Gasteiger partial charge in [0.05, 0.1) is 5.39 Å². The first-order valence-corrected chi connectivity index (χ1v) is 6.94. The van der Waals surface area contributed by atoms with E-state index in [9.17, 15) is 4.79 Å². The number of rotatable bonds is 3. The number of carbonyl (C=O) groups excluding carboxylic acids is 1. The van der Waals surface area contributed by atoms with Crippen LogP contribution >= 0.6 is 11.3 Å². The maximum absolute atomic E-state index is 10.6. The molecule has 20 heavy (non-hydrogen) atoms. The number of thiophene rings is 1. The summed E-state index contributed by atoms with van der Waals surface area (Å²) in [5.74, 6) is 1.20. The summed E-state index contributed by atoms with van der Waals surface area (Å²) in [5.41, 5.74) is 1.76. The van der Waals surface area contributed by atoms with Crippen LogP contribution < -0.4 is 4.74 Å². The predicted octanol–water partition coefficient (Wildman–Crippen LogP) is 3.91. The largest absolute Gasteiger partial charge is 0.438 e. The van der Waals surface area contributed by atoms with Gasteiger partial charge in [0, 0.05) is 10.4 Å². The molecule has 2 heterocycles. The molecule has 0 aliphatic carbocycles. The van der Waals surface area contributed by atoms with Crippen molar-refractivity contribution in [3.8, 4) is 11.6 Å². The highest BCUT2D eigenvalue weighted by Gasteiger charge is 2.13. The van der Waals surface area contributed by atoms with E-state index in [0.717, 1.165) is 22.1 Å². The first-order valence-electron chi connectivity index (χ1n) is 6.13. The second kappa shape index (κ2) is 5.02. The van der Waals surface area contributed by atoms with Crippen LogP contribution in [-0.4, -0.2) is 16.3 Å². The van der Waals surface area contributed by atoms with Crippen molar-refractivity contribution in [2.75, 3.05) is 0 Å². The minimum Gasteiger partial charge on any atom is -0.438 e. The fourth-order valence-electron chi connectivity index (χ4n) is 1.95. The fourth-order valence-corrected chi connectivity index (χ4v) is 2.94. The quantitative estimate of drug-likeness (QED) is 0.684. The Morgan fingerprint density at radius 2 is 1.90 bits per heavy atom. The van der Waals surface area contributed by atoms with Crippen LogP contribution in [-0.2, 0) is 0 Å². The lowest BCUT2D eigenvalue weighted by atomic mass is 10.2. The third-order valence-corrected chi connectivity index (χ3v) is 4.28. The standard InChI is InChI=1S/C15H12N2O2S/c1-9-10(2)20-15-13(9)14(16-8-17-15)19-12-5-3-11(7-18)4-6-12/h3-8H,1-2H3. The van der Waals surface area contributed by atoms with Gasteiger partial charge < -0.3 is 4.74 Å². The molecular formula is C15H12N2O2S. The number of hydrogen-bond donors (Lipinski definition) is 0. The molecule has 0 amide bonds. The smallest absolute Gasteiger partial charge is 0.231 e. The number of aryl methyl sites for hydroxylation is 2. The first kappa shape index (κ1) is 12.7. The van der Waals surface area contributed by atoms with Gasteiger partial charge in [-0.25, -0.2) is 9.97 Å². The van der Waals surface area contributed by atoms with Crippen molar-refractivity contribution >= 4 is 27.8 Å². The maximum atomic E-state index is 10.6. The minimum atomic E-state index is 0.552. The molecule has 2 aromatic heterocycles. The summed E-state index contributed by atoms with van der Waals surface area (Å²) in [6, 6.07) is 6.94. The van der Waals surface area contributed by atoms with E-state index in [-0.39, 0.29) is 0 Å². The predicted molar refractivity (Wildman–Crippen MR) is 78.8 cm³/mol. The Morgan fingerprint density at radius 3 is 2.60 bits per heavy atom. The number of carbonyl (C=O) groups is 1. The molecule has 0 saturated carbocycles. The van der Waals surface area contributed by atoms with E-state index in [1.54, 1.807) is 35.6 Å². The Morgan fingerprint density at radius 1 is 1.15 bits per heavy atom. The molecule has 0 aliphatic heterocycles. The highest BCUT2D eigenvalue weighted by Crippen LogP contribution is 2.35. The summed E-state index contributed by atoms with van der Waals surface area (Å²) in [6.07, 6.45) is 2.31. The highest BCUT2D eigenvalue weighted by molar-refractivity contribution is 7.18. The lowest BCUT2D eigenvalue weighted by molar-refractivity contribution is 0.112. The molecule has 1 aromatic carbocycles. The van der Waals surface area contributed by atoms with E-state index < -0.39 is 0 Å². The van der Waals surface area contributed by atoms with Crippen molar-refractivity contribution in [1.82, 2.24) is 9.97 Å². The molecule has 0 aliphatic rings. The van der Waals surface area contributed by atoms with Crippen LogP contribution in [0.3, 0.4) is 0 Å². The third-order valence-electron chi connectivity index (χ3n) is 3.16. The van der Waals surface area contributed by atoms with Crippen LogP contribution in [0.25, 0.3) is 10.2 Å². The van der Waals surface area contributed by atoms with Gasteiger partial charge in [-0.15, -0.1) is 11.3 Å². The monoisotopic (exact) mass is 284 g/mol. The van der Waals surface area contributed by atoms with Gasteiger partial charge in [0.15, 0.2) is 0 Å². The summed E-state index contributed by atoms with van der Waals surface area (Å²) < 4.78 is 5.82. The molecule has 0 unspecified atom stereocenters. The molecule has 0 N–H and O–H groups in total. The number of aldehydes is 1. The van der Waals surface area contributed by atoms with Crippen LogP contribution in [0.1, 0.15) is 20.8 Å². The number of hydrogen-bond acceptors (Lipinski definition) is 5. The number of nitrogens with zero attached hydrogens (tertiary/aromatic N) is 2. The van der Waals surface area contributed by atoms with Crippen LogP contribution in [0.4, 0.5) is 0 Å². The summed E-state index contributed by atoms with van der Waals surface area (Å²) in [5, 5.41) is 0.953. The van der Waals surface area contributed by atoms with E-state index in [0.29, 0.717) is 17.2 Å². The molecule has 0 saturated heterocycles. The molecule has 0 fully saturated rings. The molecule has 4 nitrogen and oxygen atoms in total. The summed E-state index contributed by atoms with van der Waals surface area (Å²) >= 11 is 1.63. The third kappa shape index (κ3) is 2.16. The van der Waals surface area contributed by atoms with Crippen LogP contribution in [0.5, 0.6) is 11.6 Å². The number of ether oxygens (including phenoxy) is 1. The average Bonchev–Trinajstić information content (AvgIpc) is 2.76. The molecule has 0 spiro atoms. The lowest BCUT2D eigenvalue weighted by Crippen LogP contribution is -1.91. The number of fused-ring (bicyclic) bond motifs is 1. The molecule has 0 atom stereocenters. The van der Waals surface area contributed by atoms with E-state index in [4.69, 9.17) is 4.74 Å². The zero-order valence-corrected chi connectivity index (χ0v) is 11.9. The van der Waals surface area contributed by atoms with E-state index in [1.165, 1.54) is 11.2 Å². The highest BCUT2D eigenvalue weighted by atomic mass is 32.1. The summed E-state index contributed by atoms with van der Waals surface area (Å²) in [7, 11) is 0. The van der Waals surface area contributed by atoms with Crippen molar-refractivity contribution in [1.29, 1.82) is 0 Å². The van der Waals surface area contributed by atoms with Crippen LogP contribution in [0, 0.1) is 13.8 Å². The van der Waals surface area contributed by atoms with E-state index >= 15 is 0 Å². The number of aromatic nitrogens is 2. The second-order valence-corrected chi connectivity index (χ2v) is 5.63. The molecular weight excluding hydrogens is 272 g/mol. The van der Waals surface area contributed by atoms with E-state index in [1.807, 2.05) is 6.92 Å². The number of benzene rings is 1. The zero-order valence-electron chi connectivity index (χ0n) is 11.1. The summed E-state index contributed by atoms with van der Waals surface area (Å²) in [4.78, 5) is 21.3. The average molecular weight is 284 g/mol. The lowest BCUT2D eigenvalue weighted by Gasteiger charge is -2.06. The Balaban J connectivity index is 2.03. The van der Waals surface area contributed by atoms with Crippen LogP contribution in [0.15, 0.2) is 30.6 Å². The first-order chi connectivity index (χ1) is 9.69. The van der Waals surface area contributed by atoms with Gasteiger partial charge in [0.2, 0.25) is 5.88 Å². The van der Waals surface area contributed by atoms with Gasteiger partial charge in [0.25, 0.3) is 0 Å². The molecule has 0 radical (unpaired) electrons. The molecule has 0 bridgehead atoms. The zero-order chi connectivity index (χ0) is 14.1.